The first-order valence-corrected chi connectivity index (χ1v) is 10.3. The van der Waals surface area contributed by atoms with Crippen LogP contribution in [0.1, 0.15) is 58.6 Å². The minimum atomic E-state index is -0.479. The normalized spacial score (nSPS) is 13.1. The Kier molecular flexibility index (Phi) is 5.74. The van der Waals surface area contributed by atoms with Gasteiger partial charge in [0.05, 0.1) is 12.1 Å². The first-order chi connectivity index (χ1) is 14.5. The number of benzene rings is 1. The van der Waals surface area contributed by atoms with Crippen LogP contribution in [0, 0.1) is 6.92 Å². The average Bonchev–Trinajstić information content (AvgIpc) is 2.75. The molecule has 1 aromatic carbocycles. The second-order valence-corrected chi connectivity index (χ2v) is 7.72. The molecule has 0 saturated heterocycles. The van der Waals surface area contributed by atoms with E-state index >= 15 is 0 Å². The van der Waals surface area contributed by atoms with Gasteiger partial charge >= 0.3 is 5.97 Å². The van der Waals surface area contributed by atoms with E-state index in [1.807, 2.05) is 37.3 Å². The van der Waals surface area contributed by atoms with Gasteiger partial charge in [0.25, 0.3) is 5.56 Å². The Morgan fingerprint density at radius 3 is 2.67 bits per heavy atom. The molecule has 6 heteroatoms. The number of aromatic nitrogens is 2. The van der Waals surface area contributed by atoms with Gasteiger partial charge in [-0.05, 0) is 61.9 Å². The zero-order valence-corrected chi connectivity index (χ0v) is 17.0. The molecule has 2 aromatic heterocycles. The highest BCUT2D eigenvalue weighted by Crippen LogP contribution is 2.23. The summed E-state index contributed by atoms with van der Waals surface area (Å²) in [6.45, 7) is 1.74. The summed E-state index contributed by atoms with van der Waals surface area (Å²) in [5.41, 5.74) is 4.70. The van der Waals surface area contributed by atoms with Crippen molar-refractivity contribution in [2.75, 3.05) is 0 Å². The van der Waals surface area contributed by atoms with E-state index in [0.29, 0.717) is 16.9 Å². The van der Waals surface area contributed by atoms with Gasteiger partial charge in [0.1, 0.15) is 12.3 Å². The van der Waals surface area contributed by atoms with Crippen LogP contribution >= 0.6 is 0 Å². The van der Waals surface area contributed by atoms with Gasteiger partial charge in [-0.2, -0.15) is 0 Å². The molecule has 4 rings (SSSR count). The number of ketones is 1. The summed E-state index contributed by atoms with van der Waals surface area (Å²) in [5, 5.41) is 0. The number of nitrogens with zero attached hydrogens (tertiary/aromatic N) is 2. The molecule has 3 aromatic rings. The third-order valence-corrected chi connectivity index (χ3v) is 5.54. The van der Waals surface area contributed by atoms with Gasteiger partial charge in [0.2, 0.25) is 0 Å². The van der Waals surface area contributed by atoms with Crippen LogP contribution in [0.2, 0.25) is 0 Å². The lowest BCUT2D eigenvalue weighted by atomic mass is 9.89. The number of rotatable bonds is 6. The number of Topliss-reactive ketones (excluding diaryl/α,β-unsaturated/α-hetero) is 1. The molecule has 0 amide bonds. The fourth-order valence-electron chi connectivity index (χ4n) is 3.93. The van der Waals surface area contributed by atoms with Crippen LogP contribution in [0.3, 0.4) is 0 Å². The lowest BCUT2D eigenvalue weighted by molar-refractivity contribution is -0.145. The van der Waals surface area contributed by atoms with Crippen molar-refractivity contribution >= 4 is 17.4 Å². The molecule has 1 aliphatic rings. The monoisotopic (exact) mass is 404 g/mol. The van der Waals surface area contributed by atoms with Crippen molar-refractivity contribution in [2.24, 2.45) is 0 Å². The van der Waals surface area contributed by atoms with E-state index in [0.717, 1.165) is 25.0 Å². The van der Waals surface area contributed by atoms with E-state index in [4.69, 9.17) is 4.74 Å². The molecule has 30 heavy (non-hydrogen) atoms. The first kappa shape index (κ1) is 20.0. The molecule has 0 N–H and O–H groups in total. The predicted molar refractivity (Wildman–Crippen MR) is 113 cm³/mol. The van der Waals surface area contributed by atoms with E-state index in [9.17, 15) is 14.4 Å². The van der Waals surface area contributed by atoms with E-state index in [1.165, 1.54) is 28.0 Å². The maximum Gasteiger partial charge on any atom is 0.306 e. The van der Waals surface area contributed by atoms with Gasteiger partial charge in [-0.3, -0.25) is 18.8 Å². The predicted octanol–water partition coefficient (Wildman–Crippen LogP) is 3.59. The Morgan fingerprint density at radius 2 is 1.83 bits per heavy atom. The molecule has 0 radical (unpaired) electrons. The van der Waals surface area contributed by atoms with Crippen LogP contribution in [0.15, 0.2) is 47.3 Å². The summed E-state index contributed by atoms with van der Waals surface area (Å²) in [6, 6.07) is 12.6. The van der Waals surface area contributed by atoms with Crippen LogP contribution < -0.4 is 5.56 Å². The van der Waals surface area contributed by atoms with Crippen LogP contribution in [0.5, 0.6) is 0 Å². The number of carbonyl (C=O) groups is 2. The molecule has 6 nitrogen and oxygen atoms in total. The SMILES string of the molecule is Cc1cccc2nc(COC(=O)CCC(=O)c3ccc4c(c3)CCCC4)cc(=O)n12. The zero-order valence-electron chi connectivity index (χ0n) is 17.0. The summed E-state index contributed by atoms with van der Waals surface area (Å²) in [7, 11) is 0. The summed E-state index contributed by atoms with van der Waals surface area (Å²) in [4.78, 5) is 41.2. The summed E-state index contributed by atoms with van der Waals surface area (Å²) >= 11 is 0. The molecule has 154 valence electrons. The number of aryl methyl sites for hydroxylation is 3. The van der Waals surface area contributed by atoms with Gasteiger partial charge in [-0.25, -0.2) is 4.98 Å². The molecule has 0 aliphatic heterocycles. The first-order valence-electron chi connectivity index (χ1n) is 10.3. The summed E-state index contributed by atoms with van der Waals surface area (Å²) in [5.74, 6) is -0.537. The average molecular weight is 404 g/mol. The van der Waals surface area contributed by atoms with Crippen LogP contribution in [0.4, 0.5) is 0 Å². The van der Waals surface area contributed by atoms with Crippen LogP contribution in [0.25, 0.3) is 5.65 Å². The number of carbonyl (C=O) groups excluding carboxylic acids is 2. The van der Waals surface area contributed by atoms with Gasteiger partial charge in [-0.15, -0.1) is 0 Å². The van der Waals surface area contributed by atoms with Crippen molar-refractivity contribution in [2.45, 2.75) is 52.1 Å². The summed E-state index contributed by atoms with van der Waals surface area (Å²) in [6.07, 6.45) is 4.54. The second kappa shape index (κ2) is 8.61. The van der Waals surface area contributed by atoms with Crippen molar-refractivity contribution < 1.29 is 14.3 Å². The zero-order chi connectivity index (χ0) is 21.1. The molecule has 0 unspecified atom stereocenters. The number of esters is 1. The van der Waals surface area contributed by atoms with Crippen molar-refractivity contribution in [3.05, 3.63) is 80.9 Å². The molecule has 0 spiro atoms. The third-order valence-electron chi connectivity index (χ3n) is 5.54. The molecule has 2 heterocycles. The fraction of sp³-hybridized carbons (Fsp3) is 0.333. The minimum absolute atomic E-state index is 0.00158. The third kappa shape index (κ3) is 4.32. The van der Waals surface area contributed by atoms with Crippen molar-refractivity contribution in [1.82, 2.24) is 9.38 Å². The molecular formula is C24H24N2O4. The second-order valence-electron chi connectivity index (χ2n) is 7.72. The van der Waals surface area contributed by atoms with Crippen molar-refractivity contribution in [1.29, 1.82) is 0 Å². The number of ether oxygens (including phenoxy) is 1. The van der Waals surface area contributed by atoms with Crippen molar-refractivity contribution in [3.8, 4) is 0 Å². The molecule has 0 atom stereocenters. The topological polar surface area (TPSA) is 77.7 Å². The number of hydrogen-bond acceptors (Lipinski definition) is 5. The Morgan fingerprint density at radius 1 is 1.03 bits per heavy atom. The number of hydrogen-bond donors (Lipinski definition) is 0. The lowest BCUT2D eigenvalue weighted by Gasteiger charge is -2.16. The van der Waals surface area contributed by atoms with Gasteiger partial charge in [0.15, 0.2) is 5.78 Å². The smallest absolute Gasteiger partial charge is 0.306 e. The highest BCUT2D eigenvalue weighted by Gasteiger charge is 2.15. The van der Waals surface area contributed by atoms with Crippen LogP contribution in [-0.2, 0) is 29.0 Å². The maximum atomic E-state index is 12.5. The maximum absolute atomic E-state index is 12.5. The highest BCUT2D eigenvalue weighted by molar-refractivity contribution is 5.97. The Labute approximate surface area is 174 Å². The Balaban J connectivity index is 1.34. The van der Waals surface area contributed by atoms with E-state index in [-0.39, 0.29) is 30.8 Å². The van der Waals surface area contributed by atoms with E-state index in [1.54, 1.807) is 6.07 Å². The lowest BCUT2D eigenvalue weighted by Crippen LogP contribution is -2.18. The molecule has 0 bridgehead atoms. The standard InChI is InChI=1S/C24H24N2O4/c1-16-5-4-8-22-25-20(14-23(28)26(16)22)15-30-24(29)12-11-21(27)19-10-9-17-6-2-3-7-18(17)13-19/h4-5,8-10,13-14H,2-3,6-7,11-12,15H2,1H3. The largest absolute Gasteiger partial charge is 0.459 e. The highest BCUT2D eigenvalue weighted by atomic mass is 16.5. The minimum Gasteiger partial charge on any atom is -0.459 e. The molecule has 1 aliphatic carbocycles. The fourth-order valence-corrected chi connectivity index (χ4v) is 3.93. The quantitative estimate of drug-likeness (QED) is 0.463. The molecule has 0 saturated carbocycles. The van der Waals surface area contributed by atoms with Gasteiger partial charge in [0, 0.05) is 23.7 Å². The number of fused-ring (bicyclic) bond motifs is 2. The van der Waals surface area contributed by atoms with Gasteiger partial charge in [-0.1, -0.05) is 18.2 Å². The Bertz CT molecular complexity index is 1180. The summed E-state index contributed by atoms with van der Waals surface area (Å²) < 4.78 is 6.74. The van der Waals surface area contributed by atoms with E-state index < -0.39 is 5.97 Å². The van der Waals surface area contributed by atoms with Gasteiger partial charge < -0.3 is 4.74 Å². The number of pyridine rings is 1. The van der Waals surface area contributed by atoms with E-state index in [2.05, 4.69) is 4.98 Å². The van der Waals surface area contributed by atoms with Crippen molar-refractivity contribution in [3.63, 3.8) is 0 Å². The van der Waals surface area contributed by atoms with Crippen LogP contribution in [-0.4, -0.2) is 21.1 Å². The molecular weight excluding hydrogens is 380 g/mol. The molecule has 0 fully saturated rings. The Hall–Kier alpha value is -3.28.